The maximum absolute atomic E-state index is 12.0. The van der Waals surface area contributed by atoms with Crippen LogP contribution in [0, 0.1) is 6.92 Å². The molecule has 1 N–H and O–H groups in total. The fourth-order valence-electron chi connectivity index (χ4n) is 1.60. The number of benzene rings is 1. The number of carbonyl (C=O) groups excluding carboxylic acids is 1. The molecule has 8 heteroatoms. The molecule has 0 saturated heterocycles. The predicted octanol–water partition coefficient (Wildman–Crippen LogP) is 3.22. The minimum Gasteiger partial charge on any atom is -0.319 e. The van der Waals surface area contributed by atoms with Gasteiger partial charge in [0, 0.05) is 16.4 Å². The Kier molecular flexibility index (Phi) is 4.51. The molecule has 0 aliphatic heterocycles. The number of pyridine rings is 1. The maximum atomic E-state index is 12.0. The largest absolute Gasteiger partial charge is 0.319 e. The van der Waals surface area contributed by atoms with Crippen LogP contribution in [0.4, 0.5) is 5.69 Å². The second kappa shape index (κ2) is 6.01. The van der Waals surface area contributed by atoms with Crippen LogP contribution in [0.2, 0.25) is 5.02 Å². The summed E-state index contributed by atoms with van der Waals surface area (Å²) in [5.41, 5.74) is 1.21. The van der Waals surface area contributed by atoms with E-state index in [-0.39, 0.29) is 21.3 Å². The second-order valence-corrected chi connectivity index (χ2v) is 7.17. The van der Waals surface area contributed by atoms with Gasteiger partial charge in [-0.3, -0.25) is 4.79 Å². The van der Waals surface area contributed by atoms with Crippen LogP contribution in [0.15, 0.2) is 41.3 Å². The smallest absolute Gasteiger partial charge is 0.274 e. The van der Waals surface area contributed by atoms with Gasteiger partial charge in [0.25, 0.3) is 15.0 Å². The number of nitrogens with zero attached hydrogens (tertiary/aromatic N) is 1. The summed E-state index contributed by atoms with van der Waals surface area (Å²) in [6, 6.07) is 8.84. The van der Waals surface area contributed by atoms with Crippen LogP contribution in [0.3, 0.4) is 0 Å². The molecule has 0 fully saturated rings. The molecule has 1 aromatic heterocycles. The highest BCUT2D eigenvalue weighted by atomic mass is 35.7. The highest BCUT2D eigenvalue weighted by Gasteiger charge is 2.14. The number of hydrogen-bond acceptors (Lipinski definition) is 4. The lowest BCUT2D eigenvalue weighted by Gasteiger charge is -2.08. The van der Waals surface area contributed by atoms with E-state index in [0.29, 0.717) is 5.69 Å². The van der Waals surface area contributed by atoms with Gasteiger partial charge in [0.2, 0.25) is 0 Å². The molecule has 0 aliphatic carbocycles. The number of carbonyl (C=O) groups is 1. The van der Waals surface area contributed by atoms with E-state index in [0.717, 1.165) is 0 Å². The summed E-state index contributed by atoms with van der Waals surface area (Å²) >= 11 is 5.94. The molecule has 0 aliphatic rings. The number of hydrogen-bond donors (Lipinski definition) is 1. The zero-order valence-corrected chi connectivity index (χ0v) is 13.1. The van der Waals surface area contributed by atoms with Gasteiger partial charge in [-0.2, -0.15) is 0 Å². The number of aromatic nitrogens is 1. The monoisotopic (exact) mass is 344 g/mol. The number of anilines is 1. The molecule has 1 amide bonds. The predicted molar refractivity (Wildman–Crippen MR) is 81.4 cm³/mol. The van der Waals surface area contributed by atoms with Gasteiger partial charge >= 0.3 is 0 Å². The molecule has 0 saturated carbocycles. The second-order valence-electron chi connectivity index (χ2n) is 4.20. The lowest BCUT2D eigenvalue weighted by atomic mass is 10.2. The summed E-state index contributed by atoms with van der Waals surface area (Å²) < 4.78 is 22.4. The van der Waals surface area contributed by atoms with Crippen molar-refractivity contribution in [2.45, 2.75) is 11.8 Å². The minimum atomic E-state index is -3.87. The molecular formula is C13H10Cl2N2O3S. The molecule has 0 radical (unpaired) electrons. The van der Waals surface area contributed by atoms with Gasteiger partial charge < -0.3 is 5.32 Å². The van der Waals surface area contributed by atoms with Crippen LogP contribution in [0.5, 0.6) is 0 Å². The van der Waals surface area contributed by atoms with Crippen LogP contribution in [0.25, 0.3) is 0 Å². The van der Waals surface area contributed by atoms with Crippen molar-refractivity contribution in [3.05, 3.63) is 52.8 Å². The quantitative estimate of drug-likeness (QED) is 0.867. The molecule has 2 aromatic rings. The van der Waals surface area contributed by atoms with Gasteiger partial charge in [-0.1, -0.05) is 17.7 Å². The molecule has 2 rings (SSSR count). The van der Waals surface area contributed by atoms with Crippen molar-refractivity contribution in [3.63, 3.8) is 0 Å². The fraction of sp³-hybridized carbons (Fsp3) is 0.0769. The van der Waals surface area contributed by atoms with E-state index in [9.17, 15) is 13.2 Å². The maximum Gasteiger partial charge on any atom is 0.274 e. The summed E-state index contributed by atoms with van der Waals surface area (Å²) in [5, 5.41) is 2.63. The first kappa shape index (κ1) is 15.8. The molecule has 0 bridgehead atoms. The van der Waals surface area contributed by atoms with Crippen LogP contribution in [-0.2, 0) is 9.05 Å². The topological polar surface area (TPSA) is 76.1 Å². The molecule has 1 heterocycles. The molecular weight excluding hydrogens is 335 g/mol. The lowest BCUT2D eigenvalue weighted by Crippen LogP contribution is -2.14. The highest BCUT2D eigenvalue weighted by Crippen LogP contribution is 2.27. The molecule has 0 unspecified atom stereocenters. The Morgan fingerprint density at radius 3 is 2.52 bits per heavy atom. The Labute approximate surface area is 131 Å². The lowest BCUT2D eigenvalue weighted by molar-refractivity contribution is 0.102. The van der Waals surface area contributed by atoms with Crippen molar-refractivity contribution in [1.29, 1.82) is 0 Å². The van der Waals surface area contributed by atoms with Gasteiger partial charge in [0.05, 0.1) is 15.6 Å². The molecule has 0 atom stereocenters. The first-order valence-electron chi connectivity index (χ1n) is 5.76. The van der Waals surface area contributed by atoms with Crippen molar-refractivity contribution in [3.8, 4) is 0 Å². The van der Waals surface area contributed by atoms with E-state index >= 15 is 0 Å². The number of nitrogens with one attached hydrogen (secondary N) is 1. The summed E-state index contributed by atoms with van der Waals surface area (Å²) in [6.07, 6.45) is 0. The number of aryl methyl sites for hydroxylation is 1. The van der Waals surface area contributed by atoms with Crippen LogP contribution in [-0.4, -0.2) is 19.3 Å². The van der Waals surface area contributed by atoms with E-state index in [2.05, 4.69) is 10.3 Å². The van der Waals surface area contributed by atoms with Crippen molar-refractivity contribution >= 4 is 42.9 Å². The van der Waals surface area contributed by atoms with Crippen LogP contribution >= 0.6 is 22.3 Å². The minimum absolute atomic E-state index is 0.0673. The summed E-state index contributed by atoms with van der Waals surface area (Å²) in [4.78, 5) is 16.0. The average Bonchev–Trinajstić information content (AvgIpc) is 2.39. The van der Waals surface area contributed by atoms with Crippen LogP contribution in [0.1, 0.15) is 16.2 Å². The van der Waals surface area contributed by atoms with E-state index in [1.165, 1.54) is 18.2 Å². The van der Waals surface area contributed by atoms with Crippen molar-refractivity contribution in [2.24, 2.45) is 0 Å². The number of amides is 1. The molecule has 1 aromatic carbocycles. The third-order valence-electron chi connectivity index (χ3n) is 2.59. The Morgan fingerprint density at radius 2 is 1.95 bits per heavy atom. The third-order valence-corrected chi connectivity index (χ3v) is 4.26. The van der Waals surface area contributed by atoms with Gasteiger partial charge in [-0.15, -0.1) is 0 Å². The molecule has 0 spiro atoms. The number of rotatable bonds is 3. The van der Waals surface area contributed by atoms with Crippen molar-refractivity contribution in [2.75, 3.05) is 5.32 Å². The average molecular weight is 345 g/mol. The summed E-state index contributed by atoms with van der Waals surface area (Å²) in [5.74, 6) is -0.443. The van der Waals surface area contributed by atoms with E-state index < -0.39 is 15.0 Å². The molecule has 110 valence electrons. The third kappa shape index (κ3) is 3.93. The first-order valence-corrected chi connectivity index (χ1v) is 8.45. The zero-order valence-electron chi connectivity index (χ0n) is 10.8. The zero-order chi connectivity index (χ0) is 15.6. The van der Waals surface area contributed by atoms with Crippen molar-refractivity contribution in [1.82, 2.24) is 4.98 Å². The normalized spacial score (nSPS) is 11.2. The van der Waals surface area contributed by atoms with Gasteiger partial charge in [-0.25, -0.2) is 13.4 Å². The fourth-order valence-corrected chi connectivity index (χ4v) is 2.67. The Bertz CT molecular complexity index is 807. The highest BCUT2D eigenvalue weighted by molar-refractivity contribution is 8.13. The standard InChI is InChI=1S/C13H10Cl2N2O3S/c1-8-3-2-4-12(16-8)13(18)17-11-6-5-9(7-10(11)14)21(15,19)20/h2-7H,1H3,(H,17,18). The Hall–Kier alpha value is -1.63. The Balaban J connectivity index is 2.26. The van der Waals surface area contributed by atoms with E-state index in [1.807, 2.05) is 0 Å². The molecule has 21 heavy (non-hydrogen) atoms. The summed E-state index contributed by atoms with van der Waals surface area (Å²) in [6.45, 7) is 1.77. The first-order chi connectivity index (χ1) is 9.77. The van der Waals surface area contributed by atoms with Gasteiger partial charge in [-0.05, 0) is 37.3 Å². The van der Waals surface area contributed by atoms with Gasteiger partial charge in [0.1, 0.15) is 5.69 Å². The van der Waals surface area contributed by atoms with E-state index in [4.69, 9.17) is 22.3 Å². The van der Waals surface area contributed by atoms with E-state index in [1.54, 1.807) is 25.1 Å². The number of halogens is 2. The van der Waals surface area contributed by atoms with Gasteiger partial charge in [0.15, 0.2) is 0 Å². The van der Waals surface area contributed by atoms with Crippen LogP contribution < -0.4 is 5.32 Å². The van der Waals surface area contributed by atoms with Crippen molar-refractivity contribution < 1.29 is 13.2 Å². The summed E-state index contributed by atoms with van der Waals surface area (Å²) in [7, 11) is 1.35. The Morgan fingerprint density at radius 1 is 1.24 bits per heavy atom. The SMILES string of the molecule is Cc1cccc(C(=O)Nc2ccc(S(=O)(=O)Cl)cc2Cl)n1. The molecule has 5 nitrogen and oxygen atoms in total.